The molecule has 3 nitrogen and oxygen atoms in total. The molecular formula is C19H20N2O. The minimum Gasteiger partial charge on any atom is -0.482 e. The zero-order chi connectivity index (χ0) is 15.4. The second kappa shape index (κ2) is 6.16. The van der Waals surface area contributed by atoms with Crippen LogP contribution in [0, 0.1) is 0 Å². The molecule has 0 saturated carbocycles. The van der Waals surface area contributed by atoms with Crippen LogP contribution in [0.2, 0.25) is 0 Å². The minimum atomic E-state index is -0.493. The number of hydrogen-bond donors (Lipinski definition) is 1. The minimum absolute atomic E-state index is 0.493. The Hall–Kier alpha value is -2.39. The van der Waals surface area contributed by atoms with Crippen molar-refractivity contribution in [2.45, 2.75) is 18.9 Å². The molecule has 2 aromatic carbocycles. The fourth-order valence-electron chi connectivity index (χ4n) is 2.73. The summed E-state index contributed by atoms with van der Waals surface area (Å²) >= 11 is 0. The van der Waals surface area contributed by atoms with E-state index in [1.165, 1.54) is 5.39 Å². The third-order valence-electron chi connectivity index (χ3n) is 3.98. The van der Waals surface area contributed by atoms with Crippen molar-refractivity contribution in [3.05, 3.63) is 72.6 Å². The summed E-state index contributed by atoms with van der Waals surface area (Å²) in [6, 6.07) is 18.3. The van der Waals surface area contributed by atoms with Crippen LogP contribution < -0.4 is 10.5 Å². The summed E-state index contributed by atoms with van der Waals surface area (Å²) in [5.41, 5.74) is 6.36. The number of aromatic nitrogens is 1. The van der Waals surface area contributed by atoms with Crippen LogP contribution >= 0.6 is 0 Å². The Labute approximate surface area is 130 Å². The summed E-state index contributed by atoms with van der Waals surface area (Å²) < 4.78 is 6.42. The van der Waals surface area contributed by atoms with E-state index in [4.69, 9.17) is 10.5 Å². The van der Waals surface area contributed by atoms with Gasteiger partial charge < -0.3 is 10.5 Å². The number of ether oxygens (including phenoxy) is 1. The molecular weight excluding hydrogens is 272 g/mol. The van der Waals surface area contributed by atoms with Gasteiger partial charge in [0.1, 0.15) is 11.4 Å². The molecule has 112 valence electrons. The van der Waals surface area contributed by atoms with E-state index in [1.54, 1.807) is 6.20 Å². The van der Waals surface area contributed by atoms with Gasteiger partial charge in [0, 0.05) is 29.8 Å². The monoisotopic (exact) mass is 292 g/mol. The number of fused-ring (bicyclic) bond motifs is 1. The van der Waals surface area contributed by atoms with E-state index in [1.807, 2.05) is 42.6 Å². The van der Waals surface area contributed by atoms with Gasteiger partial charge in [-0.1, -0.05) is 42.5 Å². The van der Waals surface area contributed by atoms with Gasteiger partial charge in [0.05, 0.1) is 0 Å². The highest BCUT2D eigenvalue weighted by molar-refractivity contribution is 5.88. The number of nitrogens with two attached hydrogens (primary N) is 1. The number of benzene rings is 2. The summed E-state index contributed by atoms with van der Waals surface area (Å²) in [7, 11) is 0. The SMILES string of the molecule is CC(CCN)(Oc1cccc2ccccc12)c1cccnc1. The number of nitrogens with zero attached hydrogens (tertiary/aromatic N) is 1. The third kappa shape index (κ3) is 2.81. The quantitative estimate of drug-likeness (QED) is 0.776. The highest BCUT2D eigenvalue weighted by Gasteiger charge is 2.29. The predicted octanol–water partition coefficient (Wildman–Crippen LogP) is 3.88. The molecule has 3 aromatic rings. The van der Waals surface area contributed by atoms with Crippen LogP contribution in [0.25, 0.3) is 10.8 Å². The Morgan fingerprint density at radius 1 is 1.05 bits per heavy atom. The fourth-order valence-corrected chi connectivity index (χ4v) is 2.73. The average Bonchev–Trinajstić information content (AvgIpc) is 2.56. The van der Waals surface area contributed by atoms with Gasteiger partial charge in [0.2, 0.25) is 0 Å². The van der Waals surface area contributed by atoms with Crippen molar-refractivity contribution in [1.82, 2.24) is 4.98 Å². The molecule has 2 N–H and O–H groups in total. The van der Waals surface area contributed by atoms with Gasteiger partial charge in [0.15, 0.2) is 0 Å². The molecule has 1 heterocycles. The molecule has 3 rings (SSSR count). The zero-order valence-corrected chi connectivity index (χ0v) is 12.7. The molecule has 0 aliphatic heterocycles. The van der Waals surface area contributed by atoms with Gasteiger partial charge >= 0.3 is 0 Å². The molecule has 1 unspecified atom stereocenters. The maximum atomic E-state index is 6.42. The molecule has 0 radical (unpaired) electrons. The first-order chi connectivity index (χ1) is 10.7. The van der Waals surface area contributed by atoms with Crippen LogP contribution in [0.3, 0.4) is 0 Å². The van der Waals surface area contributed by atoms with E-state index in [0.29, 0.717) is 6.54 Å². The van der Waals surface area contributed by atoms with Crippen LogP contribution in [0.15, 0.2) is 67.0 Å². The summed E-state index contributed by atoms with van der Waals surface area (Å²) in [4.78, 5) is 4.22. The van der Waals surface area contributed by atoms with Crippen LogP contribution in [-0.4, -0.2) is 11.5 Å². The van der Waals surface area contributed by atoms with Crippen LogP contribution in [0.5, 0.6) is 5.75 Å². The maximum Gasteiger partial charge on any atom is 0.134 e. The summed E-state index contributed by atoms with van der Waals surface area (Å²) in [6.07, 6.45) is 4.34. The van der Waals surface area contributed by atoms with E-state index in [9.17, 15) is 0 Å². The first kappa shape index (κ1) is 14.5. The van der Waals surface area contributed by atoms with Crippen molar-refractivity contribution in [2.75, 3.05) is 6.54 Å². The third-order valence-corrected chi connectivity index (χ3v) is 3.98. The lowest BCUT2D eigenvalue weighted by molar-refractivity contribution is 0.0813. The number of rotatable bonds is 5. The van der Waals surface area contributed by atoms with Crippen molar-refractivity contribution in [2.24, 2.45) is 5.73 Å². The summed E-state index contributed by atoms with van der Waals surface area (Å²) in [6.45, 7) is 2.62. The lowest BCUT2D eigenvalue weighted by atomic mass is 9.93. The molecule has 0 spiro atoms. The van der Waals surface area contributed by atoms with Gasteiger partial charge in [-0.25, -0.2) is 0 Å². The van der Waals surface area contributed by atoms with Crippen LogP contribution in [-0.2, 0) is 5.60 Å². The standard InChI is InChI=1S/C19H20N2O/c1-19(11-12-20,16-8-5-13-21-14-16)22-18-10-4-7-15-6-2-3-9-17(15)18/h2-10,13-14H,11-12,20H2,1H3. The van der Waals surface area contributed by atoms with E-state index in [2.05, 4.69) is 30.1 Å². The Bertz CT molecular complexity index is 752. The van der Waals surface area contributed by atoms with Gasteiger partial charge in [-0.3, -0.25) is 4.98 Å². The smallest absolute Gasteiger partial charge is 0.134 e. The van der Waals surface area contributed by atoms with E-state index >= 15 is 0 Å². The first-order valence-corrected chi connectivity index (χ1v) is 7.50. The largest absolute Gasteiger partial charge is 0.482 e. The molecule has 22 heavy (non-hydrogen) atoms. The van der Waals surface area contributed by atoms with Crippen molar-refractivity contribution in [3.8, 4) is 5.75 Å². The molecule has 0 fully saturated rings. The highest BCUT2D eigenvalue weighted by atomic mass is 16.5. The van der Waals surface area contributed by atoms with Crippen molar-refractivity contribution in [3.63, 3.8) is 0 Å². The Balaban J connectivity index is 2.03. The second-order valence-corrected chi connectivity index (χ2v) is 5.59. The van der Waals surface area contributed by atoms with Crippen LogP contribution in [0.4, 0.5) is 0 Å². The maximum absolute atomic E-state index is 6.42. The zero-order valence-electron chi connectivity index (χ0n) is 12.7. The highest BCUT2D eigenvalue weighted by Crippen LogP contribution is 2.34. The predicted molar refractivity (Wildman–Crippen MR) is 89.8 cm³/mol. The molecule has 0 bridgehead atoms. The van der Waals surface area contributed by atoms with Gasteiger partial charge in [-0.2, -0.15) is 0 Å². The number of pyridine rings is 1. The van der Waals surface area contributed by atoms with Crippen molar-refractivity contribution >= 4 is 10.8 Å². The second-order valence-electron chi connectivity index (χ2n) is 5.59. The summed E-state index contributed by atoms with van der Waals surface area (Å²) in [5.74, 6) is 0.873. The normalized spacial score (nSPS) is 13.7. The Kier molecular flexibility index (Phi) is 4.07. The first-order valence-electron chi connectivity index (χ1n) is 7.50. The fraction of sp³-hybridized carbons (Fsp3) is 0.211. The lowest BCUT2D eigenvalue weighted by Gasteiger charge is -2.31. The number of hydrogen-bond acceptors (Lipinski definition) is 3. The van der Waals surface area contributed by atoms with Gasteiger partial charge in [-0.15, -0.1) is 0 Å². The Morgan fingerprint density at radius 2 is 1.86 bits per heavy atom. The lowest BCUT2D eigenvalue weighted by Crippen LogP contribution is -2.32. The molecule has 3 heteroatoms. The molecule has 0 aliphatic rings. The summed E-state index contributed by atoms with van der Waals surface area (Å²) in [5, 5.41) is 2.28. The molecule has 0 amide bonds. The molecule has 1 atom stereocenters. The van der Waals surface area contributed by atoms with Gasteiger partial charge in [0.25, 0.3) is 0 Å². The Morgan fingerprint density at radius 3 is 2.64 bits per heavy atom. The average molecular weight is 292 g/mol. The van der Waals surface area contributed by atoms with Crippen molar-refractivity contribution in [1.29, 1.82) is 0 Å². The van der Waals surface area contributed by atoms with E-state index in [0.717, 1.165) is 23.1 Å². The molecule has 1 aromatic heterocycles. The molecule has 0 aliphatic carbocycles. The van der Waals surface area contributed by atoms with Crippen LogP contribution in [0.1, 0.15) is 18.9 Å². The van der Waals surface area contributed by atoms with E-state index < -0.39 is 5.60 Å². The topological polar surface area (TPSA) is 48.1 Å². The van der Waals surface area contributed by atoms with Gasteiger partial charge in [-0.05, 0) is 31.0 Å². The molecule has 0 saturated heterocycles. The van der Waals surface area contributed by atoms with E-state index in [-0.39, 0.29) is 0 Å². The van der Waals surface area contributed by atoms with Crippen molar-refractivity contribution < 1.29 is 4.74 Å².